The summed E-state index contributed by atoms with van der Waals surface area (Å²) < 4.78 is 13.3. The zero-order valence-corrected chi connectivity index (χ0v) is 10.2. The molecule has 17 heavy (non-hydrogen) atoms. The molecule has 1 aromatic rings. The fourth-order valence-corrected chi connectivity index (χ4v) is 1.63. The lowest BCUT2D eigenvalue weighted by atomic mass is 10.1. The highest BCUT2D eigenvalue weighted by Crippen LogP contribution is 2.09. The van der Waals surface area contributed by atoms with Gasteiger partial charge in [0.15, 0.2) is 0 Å². The first kappa shape index (κ1) is 13.6. The highest BCUT2D eigenvalue weighted by molar-refractivity contribution is 5.67. The average molecular weight is 239 g/mol. The van der Waals surface area contributed by atoms with Gasteiger partial charge in [-0.05, 0) is 32.0 Å². The van der Waals surface area contributed by atoms with E-state index >= 15 is 0 Å². The lowest BCUT2D eigenvalue weighted by Crippen LogP contribution is -2.32. The van der Waals surface area contributed by atoms with Gasteiger partial charge in [0.2, 0.25) is 0 Å². The third-order valence-electron chi connectivity index (χ3n) is 2.91. The second-order valence-electron chi connectivity index (χ2n) is 4.27. The normalized spacial score (nSPS) is 12.7. The highest BCUT2D eigenvalue weighted by Gasteiger charge is 2.13. The fraction of sp³-hybridized carbons (Fsp3) is 0.462. The van der Waals surface area contributed by atoms with Crippen molar-refractivity contribution in [2.24, 2.45) is 0 Å². The molecule has 0 spiro atoms. The molecule has 0 bridgehead atoms. The third kappa shape index (κ3) is 4.53. The summed E-state index contributed by atoms with van der Waals surface area (Å²) in [5.41, 5.74) is 0.668. The number of likely N-dealkylation sites (N-methyl/N-ethyl adjacent to an activating group) is 1. The van der Waals surface area contributed by atoms with Crippen molar-refractivity contribution in [1.82, 2.24) is 4.90 Å². The Morgan fingerprint density at radius 1 is 1.47 bits per heavy atom. The van der Waals surface area contributed by atoms with Crippen LogP contribution in [-0.4, -0.2) is 35.6 Å². The Hall–Kier alpha value is -1.42. The molecule has 1 unspecified atom stereocenters. The van der Waals surface area contributed by atoms with Gasteiger partial charge in [-0.25, -0.2) is 4.39 Å². The third-order valence-corrected chi connectivity index (χ3v) is 2.91. The SMILES string of the molecule is CC(CC(=O)O)N(C)CCc1ccccc1F. The molecule has 0 aliphatic carbocycles. The topological polar surface area (TPSA) is 40.5 Å². The van der Waals surface area contributed by atoms with Gasteiger partial charge in [0.1, 0.15) is 5.82 Å². The molecule has 0 aromatic heterocycles. The van der Waals surface area contributed by atoms with Gasteiger partial charge in [0.25, 0.3) is 0 Å². The van der Waals surface area contributed by atoms with E-state index in [1.165, 1.54) is 6.07 Å². The smallest absolute Gasteiger partial charge is 0.304 e. The van der Waals surface area contributed by atoms with E-state index in [2.05, 4.69) is 0 Å². The second kappa shape index (κ2) is 6.35. The summed E-state index contributed by atoms with van der Waals surface area (Å²) in [5, 5.41) is 8.68. The van der Waals surface area contributed by atoms with E-state index < -0.39 is 5.97 Å². The second-order valence-corrected chi connectivity index (χ2v) is 4.27. The molecule has 1 aromatic carbocycles. The van der Waals surface area contributed by atoms with E-state index in [0.717, 1.165) is 0 Å². The Bertz CT molecular complexity index is 381. The van der Waals surface area contributed by atoms with Crippen LogP contribution in [0.1, 0.15) is 18.9 Å². The van der Waals surface area contributed by atoms with Gasteiger partial charge >= 0.3 is 5.97 Å². The van der Waals surface area contributed by atoms with Crippen molar-refractivity contribution in [2.45, 2.75) is 25.8 Å². The number of aliphatic carboxylic acids is 1. The maximum atomic E-state index is 13.3. The Morgan fingerprint density at radius 3 is 2.71 bits per heavy atom. The summed E-state index contributed by atoms with van der Waals surface area (Å²) in [6.07, 6.45) is 0.695. The molecule has 0 saturated carbocycles. The minimum absolute atomic E-state index is 0.0423. The quantitative estimate of drug-likeness (QED) is 0.827. The molecule has 1 atom stereocenters. The van der Waals surface area contributed by atoms with Crippen molar-refractivity contribution in [3.63, 3.8) is 0 Å². The number of halogens is 1. The standard InChI is InChI=1S/C13H18FNO2/c1-10(9-13(16)17)15(2)8-7-11-5-3-4-6-12(11)14/h3-6,10H,7-9H2,1-2H3,(H,16,17). The van der Waals surface area contributed by atoms with E-state index in [-0.39, 0.29) is 18.3 Å². The van der Waals surface area contributed by atoms with Gasteiger partial charge in [0.05, 0.1) is 6.42 Å². The van der Waals surface area contributed by atoms with Crippen molar-refractivity contribution in [3.8, 4) is 0 Å². The summed E-state index contributed by atoms with van der Waals surface area (Å²) in [4.78, 5) is 12.5. The molecule has 0 aliphatic heterocycles. The molecule has 0 radical (unpaired) electrons. The molecule has 4 heteroatoms. The van der Waals surface area contributed by atoms with Crippen molar-refractivity contribution < 1.29 is 14.3 Å². The van der Waals surface area contributed by atoms with Gasteiger partial charge < -0.3 is 10.0 Å². The van der Waals surface area contributed by atoms with Gasteiger partial charge in [-0.3, -0.25) is 4.79 Å². The molecular formula is C13H18FNO2. The highest BCUT2D eigenvalue weighted by atomic mass is 19.1. The Labute approximate surface area is 101 Å². The first-order valence-electron chi connectivity index (χ1n) is 5.66. The Balaban J connectivity index is 2.45. The number of nitrogens with zero attached hydrogens (tertiary/aromatic N) is 1. The van der Waals surface area contributed by atoms with Gasteiger partial charge in [0, 0.05) is 12.6 Å². The van der Waals surface area contributed by atoms with Crippen LogP contribution in [0.4, 0.5) is 4.39 Å². The van der Waals surface area contributed by atoms with Crippen molar-refractivity contribution >= 4 is 5.97 Å². The molecule has 1 rings (SSSR count). The maximum Gasteiger partial charge on any atom is 0.304 e. The van der Waals surface area contributed by atoms with Crippen LogP contribution in [0.3, 0.4) is 0 Å². The van der Waals surface area contributed by atoms with Gasteiger partial charge in [-0.1, -0.05) is 18.2 Å². The lowest BCUT2D eigenvalue weighted by Gasteiger charge is -2.23. The van der Waals surface area contributed by atoms with Crippen LogP contribution in [-0.2, 0) is 11.2 Å². The summed E-state index contributed by atoms with van der Waals surface area (Å²) in [5.74, 6) is -1.01. The number of benzene rings is 1. The minimum atomic E-state index is -0.810. The van der Waals surface area contributed by atoms with Crippen LogP contribution in [0.25, 0.3) is 0 Å². The van der Waals surface area contributed by atoms with E-state index in [9.17, 15) is 9.18 Å². The number of hydrogen-bond donors (Lipinski definition) is 1. The van der Waals surface area contributed by atoms with Gasteiger partial charge in [-0.15, -0.1) is 0 Å². The zero-order valence-electron chi connectivity index (χ0n) is 10.2. The van der Waals surface area contributed by atoms with Crippen LogP contribution in [0.5, 0.6) is 0 Å². The molecule has 0 heterocycles. The molecular weight excluding hydrogens is 221 g/mol. The molecule has 0 amide bonds. The molecule has 3 nitrogen and oxygen atoms in total. The summed E-state index contributed by atoms with van der Waals surface area (Å²) in [6.45, 7) is 2.50. The lowest BCUT2D eigenvalue weighted by molar-refractivity contribution is -0.138. The largest absolute Gasteiger partial charge is 0.481 e. The number of rotatable bonds is 6. The average Bonchev–Trinajstić information content (AvgIpc) is 2.26. The Morgan fingerprint density at radius 2 is 2.12 bits per heavy atom. The predicted octanol–water partition coefficient (Wildman–Crippen LogP) is 2.16. The molecule has 1 N–H and O–H groups in total. The van der Waals surface area contributed by atoms with E-state index in [1.807, 2.05) is 18.9 Å². The first-order valence-corrected chi connectivity index (χ1v) is 5.66. The van der Waals surface area contributed by atoms with Crippen LogP contribution in [0.15, 0.2) is 24.3 Å². The minimum Gasteiger partial charge on any atom is -0.481 e. The number of carboxylic acids is 1. The van der Waals surface area contributed by atoms with Crippen molar-refractivity contribution in [1.29, 1.82) is 0 Å². The van der Waals surface area contributed by atoms with Crippen molar-refractivity contribution in [3.05, 3.63) is 35.6 Å². The number of carboxylic acid groups (broad SMARTS) is 1. The predicted molar refractivity (Wildman–Crippen MR) is 64.4 cm³/mol. The molecule has 0 fully saturated rings. The molecule has 0 aliphatic rings. The summed E-state index contributed by atoms with van der Waals surface area (Å²) in [6, 6.07) is 6.62. The first-order chi connectivity index (χ1) is 8.00. The van der Waals surface area contributed by atoms with Crippen LogP contribution in [0, 0.1) is 5.82 Å². The van der Waals surface area contributed by atoms with E-state index in [1.54, 1.807) is 18.2 Å². The number of carbonyl (C=O) groups is 1. The maximum absolute atomic E-state index is 13.3. The fourth-order valence-electron chi connectivity index (χ4n) is 1.63. The monoisotopic (exact) mass is 239 g/mol. The summed E-state index contributed by atoms with van der Waals surface area (Å²) >= 11 is 0. The molecule has 0 saturated heterocycles. The Kier molecular flexibility index (Phi) is 5.10. The molecule has 94 valence electrons. The zero-order chi connectivity index (χ0) is 12.8. The van der Waals surface area contributed by atoms with E-state index in [0.29, 0.717) is 18.5 Å². The van der Waals surface area contributed by atoms with Crippen LogP contribution < -0.4 is 0 Å². The van der Waals surface area contributed by atoms with Gasteiger partial charge in [-0.2, -0.15) is 0 Å². The van der Waals surface area contributed by atoms with Crippen LogP contribution >= 0.6 is 0 Å². The van der Waals surface area contributed by atoms with Crippen LogP contribution in [0.2, 0.25) is 0 Å². The van der Waals surface area contributed by atoms with E-state index in [4.69, 9.17) is 5.11 Å². The number of hydrogen-bond acceptors (Lipinski definition) is 2. The van der Waals surface area contributed by atoms with Crippen molar-refractivity contribution in [2.75, 3.05) is 13.6 Å². The summed E-state index contributed by atoms with van der Waals surface area (Å²) in [7, 11) is 1.86.